The van der Waals surface area contributed by atoms with Crippen molar-refractivity contribution in [3.8, 4) is 0 Å². The summed E-state index contributed by atoms with van der Waals surface area (Å²) in [5.74, 6) is -1.09. The quantitative estimate of drug-likeness (QED) is 0.568. The van der Waals surface area contributed by atoms with Crippen molar-refractivity contribution >= 4 is 24.0 Å². The molecule has 0 fully saturated rings. The van der Waals surface area contributed by atoms with Gasteiger partial charge in [-0.3, -0.25) is 4.79 Å². The van der Waals surface area contributed by atoms with Gasteiger partial charge in [-0.25, -0.2) is 0 Å². The molecule has 0 unspecified atom stereocenters. The summed E-state index contributed by atoms with van der Waals surface area (Å²) in [6, 6.07) is 13.5. The second-order valence-electron chi connectivity index (χ2n) is 7.13. The van der Waals surface area contributed by atoms with Crippen LogP contribution in [0.1, 0.15) is 22.3 Å². The van der Waals surface area contributed by atoms with Crippen LogP contribution in [-0.2, 0) is 35.4 Å². The molecule has 2 heterocycles. The maximum absolute atomic E-state index is 12.5. The maximum atomic E-state index is 12.5. The van der Waals surface area contributed by atoms with Gasteiger partial charge in [-0.15, -0.1) is 0 Å². The van der Waals surface area contributed by atoms with Crippen molar-refractivity contribution in [1.82, 2.24) is 5.32 Å². The van der Waals surface area contributed by atoms with Gasteiger partial charge < -0.3 is 24.5 Å². The highest BCUT2D eigenvalue weighted by Gasteiger charge is 2.27. The predicted octanol–water partition coefficient (Wildman–Crippen LogP) is 1.79. The Morgan fingerprint density at radius 3 is 2.89 bits per heavy atom. The predicted molar refractivity (Wildman–Crippen MR) is 106 cm³/mol. The fraction of sp³-hybridized carbons (Fsp3) is 0.286. The Labute approximate surface area is 163 Å². The Bertz CT molecular complexity index is 984. The van der Waals surface area contributed by atoms with Crippen molar-refractivity contribution < 1.29 is 24.0 Å². The van der Waals surface area contributed by atoms with Gasteiger partial charge >= 0.3 is 7.12 Å². The molecule has 7 heteroatoms. The molecule has 1 aromatic heterocycles. The first-order valence-electron chi connectivity index (χ1n) is 9.39. The van der Waals surface area contributed by atoms with Crippen LogP contribution < -0.4 is 5.32 Å². The molecule has 3 N–H and O–H groups in total. The highest BCUT2D eigenvalue weighted by Crippen LogP contribution is 2.22. The van der Waals surface area contributed by atoms with Crippen molar-refractivity contribution in [3.63, 3.8) is 0 Å². The zero-order chi connectivity index (χ0) is 19.5. The zero-order valence-electron chi connectivity index (χ0n) is 15.4. The number of para-hydroxylation sites is 1. The van der Waals surface area contributed by atoms with Crippen molar-refractivity contribution in [1.29, 1.82) is 0 Å². The van der Waals surface area contributed by atoms with Gasteiger partial charge in [0.05, 0.1) is 31.8 Å². The van der Waals surface area contributed by atoms with Crippen LogP contribution in [0.4, 0.5) is 0 Å². The Hall–Kier alpha value is -2.61. The van der Waals surface area contributed by atoms with Crippen LogP contribution in [0.3, 0.4) is 0 Å². The van der Waals surface area contributed by atoms with Crippen molar-refractivity contribution in [2.24, 2.45) is 0 Å². The van der Waals surface area contributed by atoms with Gasteiger partial charge in [0.2, 0.25) is 5.91 Å². The van der Waals surface area contributed by atoms with Crippen LogP contribution in [-0.4, -0.2) is 35.6 Å². The minimum Gasteiger partial charge on any atom is -0.464 e. The second-order valence-corrected chi connectivity index (χ2v) is 7.13. The van der Waals surface area contributed by atoms with Crippen LogP contribution in [0.2, 0.25) is 0 Å². The second kappa shape index (κ2) is 8.18. The first-order valence-corrected chi connectivity index (χ1v) is 9.39. The number of carbonyl (C=O) groups excluding carboxylic acids is 1. The van der Waals surface area contributed by atoms with Gasteiger partial charge in [-0.2, -0.15) is 0 Å². The van der Waals surface area contributed by atoms with Crippen LogP contribution in [0, 0.1) is 0 Å². The van der Waals surface area contributed by atoms with E-state index in [0.29, 0.717) is 6.61 Å². The van der Waals surface area contributed by atoms with E-state index in [0.717, 1.165) is 40.7 Å². The van der Waals surface area contributed by atoms with E-state index in [1.165, 1.54) is 5.56 Å². The van der Waals surface area contributed by atoms with E-state index >= 15 is 0 Å². The highest BCUT2D eigenvalue weighted by atomic mass is 16.5. The van der Waals surface area contributed by atoms with E-state index in [4.69, 9.17) is 9.15 Å². The molecule has 1 aliphatic rings. The van der Waals surface area contributed by atoms with Gasteiger partial charge in [0.25, 0.3) is 0 Å². The van der Waals surface area contributed by atoms with Crippen LogP contribution >= 0.6 is 0 Å². The Kier molecular flexibility index (Phi) is 5.48. The topological polar surface area (TPSA) is 91.9 Å². The van der Waals surface area contributed by atoms with Crippen LogP contribution in [0.25, 0.3) is 11.0 Å². The molecule has 2 aromatic carbocycles. The summed E-state index contributed by atoms with van der Waals surface area (Å²) in [6.45, 7) is 1.29. The first kappa shape index (κ1) is 18.7. The first-order chi connectivity index (χ1) is 13.6. The van der Waals surface area contributed by atoms with Gasteiger partial charge in [-0.1, -0.05) is 36.4 Å². The number of fused-ring (bicyclic) bond motifs is 2. The molecular formula is C21H22BNO5. The van der Waals surface area contributed by atoms with Crippen molar-refractivity contribution in [3.05, 3.63) is 71.0 Å². The number of furan rings is 1. The van der Waals surface area contributed by atoms with Crippen molar-refractivity contribution in [2.75, 3.05) is 6.61 Å². The lowest BCUT2D eigenvalue weighted by atomic mass is 9.75. The SMILES string of the molecule is O=C(Cc1ccc2c(c1)COCC2)N[C@@H](Cc1coc2ccccc12)B(O)O. The fourth-order valence-electron chi connectivity index (χ4n) is 3.63. The van der Waals surface area contributed by atoms with Gasteiger partial charge in [0.15, 0.2) is 0 Å². The standard InChI is InChI=1S/C21H22BNO5/c24-21(10-14-5-6-15-7-8-27-12-16(15)9-14)23-20(22(25)26)11-17-13-28-19-4-2-1-3-18(17)19/h1-6,9,13,20,25-26H,7-8,10-12H2,(H,23,24)/t20-/m0/s1. The number of amides is 1. The van der Waals surface area contributed by atoms with E-state index in [1.807, 2.05) is 42.5 Å². The third-order valence-corrected chi connectivity index (χ3v) is 5.12. The summed E-state index contributed by atoms with van der Waals surface area (Å²) >= 11 is 0. The number of hydrogen-bond donors (Lipinski definition) is 3. The van der Waals surface area contributed by atoms with E-state index in [1.54, 1.807) is 6.26 Å². The van der Waals surface area contributed by atoms with Gasteiger partial charge in [0.1, 0.15) is 5.58 Å². The number of ether oxygens (including phenoxy) is 1. The normalized spacial score (nSPS) is 14.5. The summed E-state index contributed by atoms with van der Waals surface area (Å²) in [5.41, 5.74) is 4.79. The average Bonchev–Trinajstić information content (AvgIpc) is 3.10. The number of rotatable bonds is 6. The lowest BCUT2D eigenvalue weighted by Gasteiger charge is -2.19. The van der Waals surface area contributed by atoms with Crippen molar-refractivity contribution in [2.45, 2.75) is 31.8 Å². The highest BCUT2D eigenvalue weighted by molar-refractivity contribution is 6.43. The van der Waals surface area contributed by atoms with E-state index < -0.39 is 13.1 Å². The number of carbonyl (C=O) groups is 1. The molecule has 1 aliphatic heterocycles. The lowest BCUT2D eigenvalue weighted by molar-refractivity contribution is -0.120. The van der Waals surface area contributed by atoms with Crippen LogP contribution in [0.5, 0.6) is 0 Å². The number of hydrogen-bond acceptors (Lipinski definition) is 5. The molecule has 0 saturated carbocycles. The minimum absolute atomic E-state index is 0.169. The molecule has 4 rings (SSSR count). The Balaban J connectivity index is 1.43. The fourth-order valence-corrected chi connectivity index (χ4v) is 3.63. The molecule has 144 valence electrons. The monoisotopic (exact) mass is 379 g/mol. The molecule has 0 radical (unpaired) electrons. The third kappa shape index (κ3) is 4.12. The minimum atomic E-state index is -1.67. The average molecular weight is 379 g/mol. The smallest absolute Gasteiger partial charge is 0.464 e. The zero-order valence-corrected chi connectivity index (χ0v) is 15.4. The molecule has 1 atom stereocenters. The molecule has 3 aromatic rings. The summed E-state index contributed by atoms with van der Waals surface area (Å²) < 4.78 is 11.0. The van der Waals surface area contributed by atoms with Gasteiger partial charge in [0, 0.05) is 5.39 Å². The Morgan fingerprint density at radius 2 is 2.04 bits per heavy atom. The number of benzene rings is 2. The summed E-state index contributed by atoms with van der Waals surface area (Å²) in [5, 5.41) is 23.1. The molecule has 1 amide bonds. The molecule has 28 heavy (non-hydrogen) atoms. The molecule has 6 nitrogen and oxygen atoms in total. The van der Waals surface area contributed by atoms with E-state index in [9.17, 15) is 14.8 Å². The Morgan fingerprint density at radius 1 is 1.18 bits per heavy atom. The molecule has 0 saturated heterocycles. The summed E-state index contributed by atoms with van der Waals surface area (Å²) in [6.07, 6.45) is 2.91. The van der Waals surface area contributed by atoms with Gasteiger partial charge in [-0.05, 0) is 41.2 Å². The number of nitrogens with one attached hydrogen (secondary N) is 1. The largest absolute Gasteiger partial charge is 0.475 e. The molecular weight excluding hydrogens is 357 g/mol. The molecule has 0 spiro atoms. The summed E-state index contributed by atoms with van der Waals surface area (Å²) in [4.78, 5) is 12.5. The van der Waals surface area contributed by atoms with Crippen LogP contribution in [0.15, 0.2) is 53.1 Å². The lowest BCUT2D eigenvalue weighted by Crippen LogP contribution is -2.48. The molecule has 0 bridgehead atoms. The van der Waals surface area contributed by atoms with E-state index in [-0.39, 0.29) is 18.7 Å². The van der Waals surface area contributed by atoms with E-state index in [2.05, 4.69) is 5.32 Å². The summed E-state index contributed by atoms with van der Waals surface area (Å²) in [7, 11) is -1.67. The molecule has 0 aliphatic carbocycles. The third-order valence-electron chi connectivity index (χ3n) is 5.12. The maximum Gasteiger partial charge on any atom is 0.475 e.